The van der Waals surface area contributed by atoms with Crippen LogP contribution in [0.2, 0.25) is 0 Å². The molecule has 2 unspecified atom stereocenters. The van der Waals surface area contributed by atoms with Gasteiger partial charge in [0.15, 0.2) is 0 Å². The number of furan rings is 1. The zero-order chi connectivity index (χ0) is 29.7. The molecule has 0 fully saturated rings. The van der Waals surface area contributed by atoms with Gasteiger partial charge in [-0.1, -0.05) is 109 Å². The van der Waals surface area contributed by atoms with Crippen LogP contribution in [0.3, 0.4) is 0 Å². The Kier molecular flexibility index (Phi) is 5.96. The van der Waals surface area contributed by atoms with Gasteiger partial charge in [-0.05, 0) is 62.7 Å². The maximum absolute atomic E-state index is 6.40. The SMILES string of the molecule is c1ccc(C2=NC(c3ccccc3)NC(c3ccc(-c4cccc5oc6cc7cnccc7cc6c45)c4ccccc34)N2)cc1. The highest BCUT2D eigenvalue weighted by atomic mass is 16.3. The molecule has 9 rings (SSSR count). The minimum absolute atomic E-state index is 0.160. The topological polar surface area (TPSA) is 62.5 Å². The quantitative estimate of drug-likeness (QED) is 0.218. The standard InChI is InChI=1S/C40H28N4O/c1-3-10-25(11-4-1)38-42-39(26-12-5-2-6-13-26)44-40(43-38)33-19-18-31(29-14-7-8-15-30(29)33)32-16-9-17-35-37(32)34-22-27-20-21-41-24-28(27)23-36(34)45-35/h1-24,38,40,43H,(H,42,44). The van der Waals surface area contributed by atoms with Crippen molar-refractivity contribution in [2.45, 2.75) is 12.3 Å². The van der Waals surface area contributed by atoms with Crippen LogP contribution in [-0.4, -0.2) is 10.8 Å². The second-order valence-electron chi connectivity index (χ2n) is 11.5. The van der Waals surface area contributed by atoms with Gasteiger partial charge < -0.3 is 9.73 Å². The first-order valence-corrected chi connectivity index (χ1v) is 15.2. The van der Waals surface area contributed by atoms with Crippen LogP contribution in [0, 0.1) is 0 Å². The van der Waals surface area contributed by atoms with Crippen molar-refractivity contribution in [3.63, 3.8) is 0 Å². The maximum Gasteiger partial charge on any atom is 0.136 e. The third kappa shape index (κ3) is 4.36. The summed E-state index contributed by atoms with van der Waals surface area (Å²) in [7, 11) is 0. The van der Waals surface area contributed by atoms with Crippen molar-refractivity contribution in [3.8, 4) is 11.1 Å². The summed E-state index contributed by atoms with van der Waals surface area (Å²) in [5, 5.41) is 14.3. The number of hydrogen-bond acceptors (Lipinski definition) is 5. The van der Waals surface area contributed by atoms with Crippen molar-refractivity contribution in [3.05, 3.63) is 163 Å². The molecule has 1 aliphatic rings. The molecular weight excluding hydrogens is 552 g/mol. The van der Waals surface area contributed by atoms with Gasteiger partial charge in [-0.25, -0.2) is 4.99 Å². The van der Waals surface area contributed by atoms with Gasteiger partial charge in [-0.2, -0.15) is 0 Å². The molecule has 2 N–H and O–H groups in total. The molecule has 2 atom stereocenters. The Morgan fingerprint density at radius 2 is 1.40 bits per heavy atom. The molecule has 214 valence electrons. The van der Waals surface area contributed by atoms with Crippen LogP contribution in [0.25, 0.3) is 54.6 Å². The van der Waals surface area contributed by atoms with E-state index in [1.165, 1.54) is 21.9 Å². The predicted molar refractivity (Wildman–Crippen MR) is 183 cm³/mol. The lowest BCUT2D eigenvalue weighted by Crippen LogP contribution is -2.45. The first kappa shape index (κ1) is 25.7. The fourth-order valence-electron chi connectivity index (χ4n) is 6.71. The molecule has 0 aliphatic carbocycles. The average molecular weight is 581 g/mol. The second-order valence-corrected chi connectivity index (χ2v) is 11.5. The Morgan fingerprint density at radius 3 is 2.27 bits per heavy atom. The number of amidine groups is 1. The summed E-state index contributed by atoms with van der Waals surface area (Å²) in [5.41, 5.74) is 7.43. The number of pyridine rings is 1. The Hall–Kier alpha value is -5.78. The zero-order valence-electron chi connectivity index (χ0n) is 24.3. The van der Waals surface area contributed by atoms with Crippen LogP contribution in [0.15, 0.2) is 155 Å². The molecule has 8 aromatic rings. The summed E-state index contributed by atoms with van der Waals surface area (Å²) in [5.74, 6) is 0.874. The summed E-state index contributed by atoms with van der Waals surface area (Å²) in [6, 6.07) is 46.7. The van der Waals surface area contributed by atoms with Crippen LogP contribution in [0.1, 0.15) is 29.0 Å². The minimum Gasteiger partial charge on any atom is -0.456 e. The molecule has 0 radical (unpaired) electrons. The molecule has 5 nitrogen and oxygen atoms in total. The van der Waals surface area contributed by atoms with E-state index in [0.29, 0.717) is 0 Å². The van der Waals surface area contributed by atoms with E-state index in [1.54, 1.807) is 0 Å². The first-order valence-electron chi connectivity index (χ1n) is 15.2. The lowest BCUT2D eigenvalue weighted by molar-refractivity contribution is 0.411. The van der Waals surface area contributed by atoms with Crippen LogP contribution < -0.4 is 10.6 Å². The molecule has 2 aromatic heterocycles. The number of hydrogen-bond donors (Lipinski definition) is 2. The summed E-state index contributed by atoms with van der Waals surface area (Å²) in [4.78, 5) is 9.41. The van der Waals surface area contributed by atoms with Gasteiger partial charge in [-0.3, -0.25) is 10.3 Å². The third-order valence-corrected chi connectivity index (χ3v) is 8.84. The predicted octanol–water partition coefficient (Wildman–Crippen LogP) is 9.29. The van der Waals surface area contributed by atoms with E-state index in [0.717, 1.165) is 55.2 Å². The van der Waals surface area contributed by atoms with Crippen LogP contribution >= 0.6 is 0 Å². The summed E-state index contributed by atoms with van der Waals surface area (Å²) >= 11 is 0. The second kappa shape index (κ2) is 10.4. The number of benzene rings is 6. The summed E-state index contributed by atoms with van der Waals surface area (Å²) in [6.45, 7) is 0. The Morgan fingerprint density at radius 1 is 0.600 bits per heavy atom. The van der Waals surface area contributed by atoms with Crippen molar-refractivity contribution in [1.82, 2.24) is 15.6 Å². The Bertz CT molecular complexity index is 2400. The van der Waals surface area contributed by atoms with Gasteiger partial charge in [0.1, 0.15) is 29.3 Å². The van der Waals surface area contributed by atoms with Crippen LogP contribution in [-0.2, 0) is 0 Å². The van der Waals surface area contributed by atoms with Crippen molar-refractivity contribution >= 4 is 49.3 Å². The lowest BCUT2D eigenvalue weighted by Gasteiger charge is -2.33. The highest BCUT2D eigenvalue weighted by Crippen LogP contribution is 2.42. The Labute approximate surface area is 259 Å². The van der Waals surface area contributed by atoms with E-state index < -0.39 is 0 Å². The number of nitrogens with zero attached hydrogens (tertiary/aromatic N) is 2. The molecule has 6 aromatic carbocycles. The van der Waals surface area contributed by atoms with E-state index in [1.807, 2.05) is 24.5 Å². The van der Waals surface area contributed by atoms with Crippen molar-refractivity contribution in [1.29, 1.82) is 0 Å². The number of aliphatic imine (C=N–C) groups is 1. The Balaban J connectivity index is 1.21. The molecule has 0 saturated carbocycles. The van der Waals surface area contributed by atoms with Gasteiger partial charge >= 0.3 is 0 Å². The van der Waals surface area contributed by atoms with E-state index in [2.05, 4.69) is 137 Å². The molecule has 0 amide bonds. The van der Waals surface area contributed by atoms with E-state index in [9.17, 15) is 0 Å². The molecule has 5 heteroatoms. The summed E-state index contributed by atoms with van der Waals surface area (Å²) in [6.07, 6.45) is 3.38. The number of fused-ring (bicyclic) bond motifs is 5. The maximum atomic E-state index is 6.40. The fraction of sp³-hybridized carbons (Fsp3) is 0.0500. The van der Waals surface area contributed by atoms with E-state index in [-0.39, 0.29) is 12.3 Å². The first-order chi connectivity index (χ1) is 22.3. The molecular formula is C40H28N4O. The molecule has 0 spiro atoms. The van der Waals surface area contributed by atoms with Gasteiger partial charge in [0.2, 0.25) is 0 Å². The number of nitrogens with one attached hydrogen (secondary N) is 2. The van der Waals surface area contributed by atoms with Crippen molar-refractivity contribution in [2.24, 2.45) is 4.99 Å². The normalized spacial score (nSPS) is 16.7. The molecule has 0 bridgehead atoms. The molecule has 0 saturated heterocycles. The molecule has 45 heavy (non-hydrogen) atoms. The summed E-state index contributed by atoms with van der Waals surface area (Å²) < 4.78 is 6.40. The monoisotopic (exact) mass is 580 g/mol. The highest BCUT2D eigenvalue weighted by molar-refractivity contribution is 6.17. The van der Waals surface area contributed by atoms with E-state index >= 15 is 0 Å². The molecule has 3 heterocycles. The largest absolute Gasteiger partial charge is 0.456 e. The highest BCUT2D eigenvalue weighted by Gasteiger charge is 2.27. The van der Waals surface area contributed by atoms with Crippen molar-refractivity contribution < 1.29 is 4.42 Å². The van der Waals surface area contributed by atoms with Gasteiger partial charge in [-0.15, -0.1) is 0 Å². The lowest BCUT2D eigenvalue weighted by atomic mass is 9.91. The smallest absolute Gasteiger partial charge is 0.136 e. The number of rotatable bonds is 4. The average Bonchev–Trinajstić information content (AvgIpc) is 3.48. The van der Waals surface area contributed by atoms with Gasteiger partial charge in [0.25, 0.3) is 0 Å². The van der Waals surface area contributed by atoms with Crippen molar-refractivity contribution in [2.75, 3.05) is 0 Å². The number of aromatic nitrogens is 1. The van der Waals surface area contributed by atoms with Gasteiger partial charge in [0, 0.05) is 34.1 Å². The fourth-order valence-corrected chi connectivity index (χ4v) is 6.71. The zero-order valence-corrected chi connectivity index (χ0v) is 24.3. The van der Waals surface area contributed by atoms with Crippen LogP contribution in [0.4, 0.5) is 0 Å². The van der Waals surface area contributed by atoms with E-state index in [4.69, 9.17) is 9.41 Å². The van der Waals surface area contributed by atoms with Gasteiger partial charge in [0.05, 0.1) is 0 Å². The minimum atomic E-state index is -0.192. The molecule has 1 aliphatic heterocycles. The van der Waals surface area contributed by atoms with Crippen LogP contribution in [0.5, 0.6) is 0 Å². The third-order valence-electron chi connectivity index (χ3n) is 8.84.